The lowest BCUT2D eigenvalue weighted by Gasteiger charge is -2.14. The topological polar surface area (TPSA) is 9.23 Å². The molecule has 0 spiro atoms. The van der Waals surface area contributed by atoms with Crippen LogP contribution in [0.15, 0.2) is 30.3 Å². The van der Waals surface area contributed by atoms with Crippen LogP contribution in [-0.2, 0) is 6.42 Å². The molecule has 0 fully saturated rings. The Labute approximate surface area is 116 Å². The van der Waals surface area contributed by atoms with E-state index in [0.717, 1.165) is 17.9 Å². The SMILES string of the molecule is CCc1cc(C)c(Oc2cc(C)cc(C)c2)c(C)c1. The molecule has 0 aliphatic rings. The van der Waals surface area contributed by atoms with Gasteiger partial charge in [-0.3, -0.25) is 0 Å². The first-order valence-electron chi connectivity index (χ1n) is 6.86. The molecular weight excluding hydrogens is 232 g/mol. The fourth-order valence-electron chi connectivity index (χ4n) is 2.51. The molecule has 2 aromatic rings. The standard InChI is InChI=1S/C18H22O/c1-6-16-10-14(4)18(15(5)11-16)19-17-8-12(2)7-13(3)9-17/h7-11H,6H2,1-5H3. The zero-order chi connectivity index (χ0) is 14.0. The maximum atomic E-state index is 6.10. The molecule has 100 valence electrons. The van der Waals surface area contributed by atoms with Crippen LogP contribution in [-0.4, -0.2) is 0 Å². The van der Waals surface area contributed by atoms with Crippen LogP contribution in [0.25, 0.3) is 0 Å². The van der Waals surface area contributed by atoms with E-state index in [1.54, 1.807) is 0 Å². The van der Waals surface area contributed by atoms with Crippen molar-refractivity contribution in [3.8, 4) is 11.5 Å². The van der Waals surface area contributed by atoms with E-state index in [9.17, 15) is 0 Å². The average molecular weight is 254 g/mol. The van der Waals surface area contributed by atoms with Gasteiger partial charge in [-0.25, -0.2) is 0 Å². The van der Waals surface area contributed by atoms with Crippen LogP contribution in [0.4, 0.5) is 0 Å². The largest absolute Gasteiger partial charge is 0.457 e. The molecule has 2 rings (SSSR count). The van der Waals surface area contributed by atoms with Gasteiger partial charge in [-0.05, 0) is 74.1 Å². The summed E-state index contributed by atoms with van der Waals surface area (Å²) >= 11 is 0. The van der Waals surface area contributed by atoms with Crippen LogP contribution in [0, 0.1) is 27.7 Å². The Morgan fingerprint density at radius 2 is 1.32 bits per heavy atom. The van der Waals surface area contributed by atoms with Crippen LogP contribution in [0.1, 0.15) is 34.7 Å². The molecule has 0 aromatic heterocycles. The quantitative estimate of drug-likeness (QED) is 0.724. The van der Waals surface area contributed by atoms with Gasteiger partial charge in [0.15, 0.2) is 0 Å². The van der Waals surface area contributed by atoms with Crippen molar-refractivity contribution in [2.75, 3.05) is 0 Å². The third-order valence-electron chi connectivity index (χ3n) is 3.34. The Morgan fingerprint density at radius 3 is 1.79 bits per heavy atom. The van der Waals surface area contributed by atoms with Gasteiger partial charge in [0.1, 0.15) is 11.5 Å². The Balaban J connectivity index is 2.38. The number of benzene rings is 2. The van der Waals surface area contributed by atoms with E-state index in [1.807, 2.05) is 0 Å². The monoisotopic (exact) mass is 254 g/mol. The number of aryl methyl sites for hydroxylation is 5. The van der Waals surface area contributed by atoms with Gasteiger partial charge in [0, 0.05) is 0 Å². The van der Waals surface area contributed by atoms with E-state index >= 15 is 0 Å². The first kappa shape index (κ1) is 13.7. The minimum atomic E-state index is 0.924. The zero-order valence-electron chi connectivity index (χ0n) is 12.5. The smallest absolute Gasteiger partial charge is 0.133 e. The Kier molecular flexibility index (Phi) is 3.94. The Hall–Kier alpha value is -1.76. The van der Waals surface area contributed by atoms with E-state index in [0.29, 0.717) is 0 Å². The van der Waals surface area contributed by atoms with Gasteiger partial charge in [-0.1, -0.05) is 25.1 Å². The minimum Gasteiger partial charge on any atom is -0.457 e. The van der Waals surface area contributed by atoms with Crippen LogP contribution in [0.3, 0.4) is 0 Å². The van der Waals surface area contributed by atoms with Crippen molar-refractivity contribution in [3.63, 3.8) is 0 Å². The molecule has 0 unspecified atom stereocenters. The highest BCUT2D eigenvalue weighted by atomic mass is 16.5. The van der Waals surface area contributed by atoms with Crippen molar-refractivity contribution in [3.05, 3.63) is 58.1 Å². The molecule has 0 N–H and O–H groups in total. The van der Waals surface area contributed by atoms with Crippen molar-refractivity contribution in [1.82, 2.24) is 0 Å². The second kappa shape index (κ2) is 5.48. The Bertz CT molecular complexity index is 553. The highest BCUT2D eigenvalue weighted by Gasteiger charge is 2.08. The number of rotatable bonds is 3. The van der Waals surface area contributed by atoms with E-state index in [4.69, 9.17) is 4.74 Å². The maximum Gasteiger partial charge on any atom is 0.133 e. The van der Waals surface area contributed by atoms with Crippen molar-refractivity contribution >= 4 is 0 Å². The van der Waals surface area contributed by atoms with Gasteiger partial charge in [-0.15, -0.1) is 0 Å². The number of hydrogen-bond donors (Lipinski definition) is 0. The molecule has 0 saturated heterocycles. The van der Waals surface area contributed by atoms with E-state index in [1.165, 1.54) is 27.8 Å². The number of ether oxygens (including phenoxy) is 1. The van der Waals surface area contributed by atoms with Crippen LogP contribution in [0.5, 0.6) is 11.5 Å². The summed E-state index contributed by atoms with van der Waals surface area (Å²) < 4.78 is 6.10. The van der Waals surface area contributed by atoms with Gasteiger partial charge in [0.2, 0.25) is 0 Å². The summed E-state index contributed by atoms with van der Waals surface area (Å²) in [6.45, 7) is 10.6. The summed E-state index contributed by atoms with van der Waals surface area (Å²) in [4.78, 5) is 0. The molecule has 0 radical (unpaired) electrons. The predicted molar refractivity (Wildman–Crippen MR) is 81.3 cm³/mol. The van der Waals surface area contributed by atoms with Gasteiger partial charge in [0.25, 0.3) is 0 Å². The third-order valence-corrected chi connectivity index (χ3v) is 3.34. The lowest BCUT2D eigenvalue weighted by Crippen LogP contribution is -1.94. The van der Waals surface area contributed by atoms with Gasteiger partial charge < -0.3 is 4.74 Å². The lowest BCUT2D eigenvalue weighted by atomic mass is 10.0. The van der Waals surface area contributed by atoms with Crippen molar-refractivity contribution in [2.45, 2.75) is 41.0 Å². The van der Waals surface area contributed by atoms with Gasteiger partial charge in [-0.2, -0.15) is 0 Å². The van der Waals surface area contributed by atoms with E-state index in [2.05, 4.69) is 65.0 Å². The molecule has 1 nitrogen and oxygen atoms in total. The Morgan fingerprint density at radius 1 is 0.789 bits per heavy atom. The molecule has 0 aliphatic heterocycles. The summed E-state index contributed by atoms with van der Waals surface area (Å²) in [5, 5.41) is 0. The minimum absolute atomic E-state index is 0.924. The average Bonchev–Trinajstić information content (AvgIpc) is 2.32. The highest BCUT2D eigenvalue weighted by molar-refractivity contribution is 5.46. The fourth-order valence-corrected chi connectivity index (χ4v) is 2.51. The molecule has 1 heteroatoms. The summed E-state index contributed by atoms with van der Waals surface area (Å²) in [5.74, 6) is 1.91. The van der Waals surface area contributed by atoms with Crippen molar-refractivity contribution in [2.24, 2.45) is 0 Å². The zero-order valence-corrected chi connectivity index (χ0v) is 12.5. The van der Waals surface area contributed by atoms with E-state index in [-0.39, 0.29) is 0 Å². The molecule has 0 aliphatic carbocycles. The van der Waals surface area contributed by atoms with Crippen LogP contribution < -0.4 is 4.74 Å². The highest BCUT2D eigenvalue weighted by Crippen LogP contribution is 2.31. The maximum absolute atomic E-state index is 6.10. The molecular formula is C18H22O. The summed E-state index contributed by atoms with van der Waals surface area (Å²) in [6, 6.07) is 10.8. The fraction of sp³-hybridized carbons (Fsp3) is 0.333. The molecule has 0 atom stereocenters. The second-order valence-corrected chi connectivity index (χ2v) is 5.34. The summed E-state index contributed by atoms with van der Waals surface area (Å²) in [6.07, 6.45) is 1.06. The van der Waals surface area contributed by atoms with Crippen molar-refractivity contribution < 1.29 is 4.74 Å². The summed E-state index contributed by atoms with van der Waals surface area (Å²) in [5.41, 5.74) is 6.24. The van der Waals surface area contributed by atoms with Gasteiger partial charge >= 0.3 is 0 Å². The van der Waals surface area contributed by atoms with Gasteiger partial charge in [0.05, 0.1) is 0 Å². The van der Waals surface area contributed by atoms with Crippen molar-refractivity contribution in [1.29, 1.82) is 0 Å². The second-order valence-electron chi connectivity index (χ2n) is 5.34. The summed E-state index contributed by atoms with van der Waals surface area (Å²) in [7, 11) is 0. The molecule has 0 saturated carbocycles. The third kappa shape index (κ3) is 3.17. The predicted octanol–water partition coefficient (Wildman–Crippen LogP) is 5.27. The molecule has 0 heterocycles. The molecule has 0 amide bonds. The molecule has 0 bridgehead atoms. The normalized spacial score (nSPS) is 10.6. The lowest BCUT2D eigenvalue weighted by molar-refractivity contribution is 0.474. The van der Waals surface area contributed by atoms with Crippen LogP contribution >= 0.6 is 0 Å². The number of hydrogen-bond acceptors (Lipinski definition) is 1. The molecule has 19 heavy (non-hydrogen) atoms. The first-order valence-corrected chi connectivity index (χ1v) is 6.86. The van der Waals surface area contributed by atoms with Crippen LogP contribution in [0.2, 0.25) is 0 Å². The first-order chi connectivity index (χ1) is 8.99. The molecule has 2 aromatic carbocycles. The van der Waals surface area contributed by atoms with E-state index < -0.39 is 0 Å².